The van der Waals surface area contributed by atoms with Crippen molar-refractivity contribution in [3.05, 3.63) is 36.1 Å². The van der Waals surface area contributed by atoms with Gasteiger partial charge in [-0.1, -0.05) is 6.07 Å². The first-order valence-corrected chi connectivity index (χ1v) is 4.11. The topological polar surface area (TPSA) is 55.8 Å². The van der Waals surface area contributed by atoms with Crippen molar-refractivity contribution in [2.24, 2.45) is 0 Å². The van der Waals surface area contributed by atoms with Gasteiger partial charge in [-0.15, -0.1) is 0 Å². The van der Waals surface area contributed by atoms with Crippen LogP contribution < -0.4 is 9.47 Å². The van der Waals surface area contributed by atoms with E-state index >= 15 is 0 Å². The minimum Gasteiger partial charge on any atom is -0.465 e. The van der Waals surface area contributed by atoms with Crippen LogP contribution in [0, 0.1) is 0 Å². The minimum atomic E-state index is -1.32. The Balaban J connectivity index is 2.27. The zero-order valence-electron chi connectivity index (χ0n) is 7.27. The van der Waals surface area contributed by atoms with E-state index in [4.69, 9.17) is 9.84 Å². The third kappa shape index (κ3) is 1.69. The van der Waals surface area contributed by atoms with Gasteiger partial charge < -0.3 is 14.6 Å². The minimum absolute atomic E-state index is 0.270. The molecular weight excluding hydrogens is 184 g/mol. The Kier molecular flexibility index (Phi) is 2.10. The average molecular weight is 192 g/mol. The van der Waals surface area contributed by atoms with Gasteiger partial charge in [-0.05, 0) is 24.1 Å². The summed E-state index contributed by atoms with van der Waals surface area (Å²) in [6, 6.07) is 4.96. The van der Waals surface area contributed by atoms with Gasteiger partial charge in [-0.3, -0.25) is 0 Å². The van der Waals surface area contributed by atoms with E-state index in [0.717, 1.165) is 12.0 Å². The van der Waals surface area contributed by atoms with Crippen molar-refractivity contribution in [3.63, 3.8) is 0 Å². The summed E-state index contributed by atoms with van der Waals surface area (Å²) in [5, 5.41) is 8.39. The van der Waals surface area contributed by atoms with Crippen LogP contribution in [0.1, 0.15) is 5.56 Å². The molecule has 2 rings (SSSR count). The molecule has 1 aromatic carbocycles. The summed E-state index contributed by atoms with van der Waals surface area (Å²) in [6.07, 6.45) is 2.94. The van der Waals surface area contributed by atoms with Crippen molar-refractivity contribution in [2.45, 2.75) is 6.42 Å². The lowest BCUT2D eigenvalue weighted by molar-refractivity contribution is 0.144. The second kappa shape index (κ2) is 3.41. The zero-order chi connectivity index (χ0) is 9.97. The molecule has 0 fully saturated rings. The second-order valence-electron chi connectivity index (χ2n) is 2.83. The average Bonchev–Trinajstić information content (AvgIpc) is 2.17. The monoisotopic (exact) mass is 192 g/mol. The molecule has 4 nitrogen and oxygen atoms in total. The molecule has 0 bridgehead atoms. The van der Waals surface area contributed by atoms with Crippen LogP contribution in [0.2, 0.25) is 0 Å². The van der Waals surface area contributed by atoms with Gasteiger partial charge in [-0.2, -0.15) is 0 Å². The first kappa shape index (κ1) is 8.62. The maximum Gasteiger partial charge on any atom is 0.511 e. The van der Waals surface area contributed by atoms with E-state index in [1.165, 1.54) is 0 Å². The zero-order valence-corrected chi connectivity index (χ0v) is 7.27. The third-order valence-electron chi connectivity index (χ3n) is 1.87. The van der Waals surface area contributed by atoms with Gasteiger partial charge in [0.15, 0.2) is 0 Å². The molecule has 1 aliphatic rings. The number of benzene rings is 1. The molecule has 0 amide bonds. The van der Waals surface area contributed by atoms with Crippen molar-refractivity contribution in [2.75, 3.05) is 0 Å². The molecule has 0 unspecified atom stereocenters. The molecule has 72 valence electrons. The van der Waals surface area contributed by atoms with Crippen molar-refractivity contribution in [3.8, 4) is 11.5 Å². The van der Waals surface area contributed by atoms with E-state index < -0.39 is 6.16 Å². The number of rotatable bonds is 1. The van der Waals surface area contributed by atoms with E-state index in [0.29, 0.717) is 5.75 Å². The predicted molar refractivity (Wildman–Crippen MR) is 48.6 cm³/mol. The summed E-state index contributed by atoms with van der Waals surface area (Å²) < 4.78 is 9.69. The van der Waals surface area contributed by atoms with Crippen LogP contribution in [-0.2, 0) is 6.42 Å². The highest BCUT2D eigenvalue weighted by Crippen LogP contribution is 2.28. The number of ether oxygens (including phenoxy) is 2. The van der Waals surface area contributed by atoms with Gasteiger partial charge in [0.2, 0.25) is 0 Å². The highest BCUT2D eigenvalue weighted by atomic mass is 16.7. The van der Waals surface area contributed by atoms with Crippen LogP contribution in [0.15, 0.2) is 30.5 Å². The summed E-state index contributed by atoms with van der Waals surface area (Å²) in [6.45, 7) is 0. The Morgan fingerprint density at radius 2 is 2.36 bits per heavy atom. The number of allylic oxidation sites excluding steroid dienone is 1. The van der Waals surface area contributed by atoms with Crippen LogP contribution in [0.25, 0.3) is 0 Å². The second-order valence-corrected chi connectivity index (χ2v) is 2.83. The highest BCUT2D eigenvalue weighted by molar-refractivity contribution is 5.61. The van der Waals surface area contributed by atoms with Crippen LogP contribution in [0.4, 0.5) is 4.79 Å². The lowest BCUT2D eigenvalue weighted by Crippen LogP contribution is -2.04. The largest absolute Gasteiger partial charge is 0.511 e. The molecule has 14 heavy (non-hydrogen) atoms. The van der Waals surface area contributed by atoms with Crippen LogP contribution >= 0.6 is 0 Å². The Hall–Kier alpha value is -1.97. The Labute approximate surface area is 80.4 Å². The molecule has 0 spiro atoms. The molecule has 1 heterocycles. The lowest BCUT2D eigenvalue weighted by atomic mass is 10.1. The maximum absolute atomic E-state index is 10.3. The van der Waals surface area contributed by atoms with Crippen LogP contribution in [0.3, 0.4) is 0 Å². The molecule has 0 atom stereocenters. The first-order chi connectivity index (χ1) is 6.75. The smallest absolute Gasteiger partial charge is 0.465 e. The highest BCUT2D eigenvalue weighted by Gasteiger charge is 2.09. The Morgan fingerprint density at radius 3 is 3.14 bits per heavy atom. The molecule has 0 radical (unpaired) electrons. The van der Waals surface area contributed by atoms with Gasteiger partial charge in [0.05, 0.1) is 6.26 Å². The van der Waals surface area contributed by atoms with Crippen LogP contribution in [0.5, 0.6) is 11.5 Å². The van der Waals surface area contributed by atoms with Gasteiger partial charge >= 0.3 is 6.16 Å². The van der Waals surface area contributed by atoms with Gasteiger partial charge in [0.1, 0.15) is 11.5 Å². The fourth-order valence-electron chi connectivity index (χ4n) is 1.27. The van der Waals surface area contributed by atoms with E-state index in [9.17, 15) is 4.79 Å². The number of carbonyl (C=O) groups is 1. The lowest BCUT2D eigenvalue weighted by Gasteiger charge is -2.12. The number of hydrogen-bond donors (Lipinski definition) is 1. The normalized spacial score (nSPS) is 12.9. The summed E-state index contributed by atoms with van der Waals surface area (Å²) in [5.41, 5.74) is 1.02. The summed E-state index contributed by atoms with van der Waals surface area (Å²) in [7, 11) is 0. The van der Waals surface area contributed by atoms with Crippen molar-refractivity contribution >= 4 is 6.16 Å². The van der Waals surface area contributed by atoms with Gasteiger partial charge in [0, 0.05) is 6.07 Å². The number of carboxylic acid groups (broad SMARTS) is 1. The molecule has 4 heteroatoms. The number of hydrogen-bond acceptors (Lipinski definition) is 3. The molecule has 1 aromatic rings. The molecule has 0 aromatic heterocycles. The summed E-state index contributed by atoms with van der Waals surface area (Å²) >= 11 is 0. The summed E-state index contributed by atoms with van der Waals surface area (Å²) in [4.78, 5) is 10.3. The fraction of sp³-hybridized carbons (Fsp3) is 0.100. The standard InChI is InChI=1S/C10H8O4/c11-10(12)14-8-4-3-7-2-1-5-13-9(7)6-8/h1,3-6H,2H2,(H,11,12). The Morgan fingerprint density at radius 1 is 1.50 bits per heavy atom. The van der Waals surface area contributed by atoms with Gasteiger partial charge in [0.25, 0.3) is 0 Å². The molecule has 1 N–H and O–H groups in total. The first-order valence-electron chi connectivity index (χ1n) is 4.11. The van der Waals surface area contributed by atoms with E-state index in [1.54, 1.807) is 24.5 Å². The van der Waals surface area contributed by atoms with E-state index in [-0.39, 0.29) is 5.75 Å². The van der Waals surface area contributed by atoms with Gasteiger partial charge in [-0.25, -0.2) is 4.79 Å². The Bertz CT molecular complexity index is 395. The number of fused-ring (bicyclic) bond motifs is 1. The molecule has 1 aliphatic heterocycles. The van der Waals surface area contributed by atoms with Crippen molar-refractivity contribution < 1.29 is 19.4 Å². The SMILES string of the molecule is O=C(O)Oc1ccc2c(c1)OC=CC2. The van der Waals surface area contributed by atoms with Crippen molar-refractivity contribution in [1.82, 2.24) is 0 Å². The van der Waals surface area contributed by atoms with Crippen molar-refractivity contribution in [1.29, 1.82) is 0 Å². The fourth-order valence-corrected chi connectivity index (χ4v) is 1.27. The molecule has 0 saturated carbocycles. The molecule has 0 saturated heterocycles. The molecule has 0 aliphatic carbocycles. The molecular formula is C10H8O4. The quantitative estimate of drug-likeness (QED) is 0.547. The van der Waals surface area contributed by atoms with E-state index in [2.05, 4.69) is 4.74 Å². The van der Waals surface area contributed by atoms with Crippen LogP contribution in [-0.4, -0.2) is 11.3 Å². The van der Waals surface area contributed by atoms with E-state index in [1.807, 2.05) is 6.08 Å². The maximum atomic E-state index is 10.3. The predicted octanol–water partition coefficient (Wildman–Crippen LogP) is 2.19. The summed E-state index contributed by atoms with van der Waals surface area (Å²) in [5.74, 6) is 0.915. The third-order valence-corrected chi connectivity index (χ3v) is 1.87.